The molecule has 0 aromatic carbocycles. The molecular formula is C19H35NO4. The summed E-state index contributed by atoms with van der Waals surface area (Å²) in [6, 6.07) is -0.439. The van der Waals surface area contributed by atoms with Crippen molar-refractivity contribution in [2.75, 3.05) is 0 Å². The molecule has 0 aromatic rings. The fourth-order valence-corrected chi connectivity index (χ4v) is 3.14. The van der Waals surface area contributed by atoms with E-state index in [4.69, 9.17) is 4.74 Å². The predicted octanol–water partition coefficient (Wildman–Crippen LogP) is 3.83. The number of ketones is 1. The fourth-order valence-electron chi connectivity index (χ4n) is 3.14. The summed E-state index contributed by atoms with van der Waals surface area (Å²) in [7, 11) is 0. The molecule has 5 heteroatoms. The summed E-state index contributed by atoms with van der Waals surface area (Å²) in [6.45, 7) is 9.07. The monoisotopic (exact) mass is 341 g/mol. The Hall–Kier alpha value is -1.10. The third kappa shape index (κ3) is 8.13. The van der Waals surface area contributed by atoms with Crippen LogP contribution < -0.4 is 5.32 Å². The lowest BCUT2D eigenvalue weighted by molar-refractivity contribution is -0.124. The Bertz CT molecular complexity index is 408. The number of carbonyl (C=O) groups excluding carboxylic acids is 2. The number of carbonyl (C=O) groups is 2. The minimum absolute atomic E-state index is 0.0159. The first kappa shape index (κ1) is 20.9. The average molecular weight is 341 g/mol. The molecule has 0 bridgehead atoms. The number of hydrogen-bond donors (Lipinski definition) is 2. The maximum Gasteiger partial charge on any atom is 0.407 e. The molecule has 0 saturated heterocycles. The van der Waals surface area contributed by atoms with Gasteiger partial charge in [0.25, 0.3) is 0 Å². The van der Waals surface area contributed by atoms with Gasteiger partial charge in [0.2, 0.25) is 0 Å². The summed E-state index contributed by atoms with van der Waals surface area (Å²) in [5.41, 5.74) is -0.585. The van der Waals surface area contributed by atoms with Crippen molar-refractivity contribution in [3.05, 3.63) is 0 Å². The molecule has 1 fully saturated rings. The molecule has 0 aliphatic heterocycles. The van der Waals surface area contributed by atoms with Gasteiger partial charge in [0.15, 0.2) is 0 Å². The molecule has 0 radical (unpaired) electrons. The number of nitrogens with one attached hydrogen (secondary N) is 1. The zero-order chi connectivity index (χ0) is 18.3. The molecule has 1 saturated carbocycles. The quantitative estimate of drug-likeness (QED) is 0.738. The van der Waals surface area contributed by atoms with E-state index in [1.807, 2.05) is 13.8 Å². The molecule has 5 nitrogen and oxygen atoms in total. The van der Waals surface area contributed by atoms with Crippen molar-refractivity contribution in [3.63, 3.8) is 0 Å². The number of amides is 1. The summed E-state index contributed by atoms with van der Waals surface area (Å²) < 4.78 is 5.31. The first-order chi connectivity index (χ1) is 11.1. The van der Waals surface area contributed by atoms with E-state index in [1.54, 1.807) is 20.8 Å². The lowest BCUT2D eigenvalue weighted by Crippen LogP contribution is -2.47. The Kier molecular flexibility index (Phi) is 8.20. The Balaban J connectivity index is 2.69. The van der Waals surface area contributed by atoms with Crippen molar-refractivity contribution >= 4 is 11.9 Å². The second-order valence-corrected chi connectivity index (χ2v) is 8.38. The van der Waals surface area contributed by atoms with Gasteiger partial charge in [0, 0.05) is 12.3 Å². The zero-order valence-electron chi connectivity index (χ0n) is 15.9. The standard InChI is InChI=1S/C19H35NO4/c1-13(2)16(21)12-17(22)15(11-14-9-7-6-8-10-14)20-18(23)24-19(3,4)5/h13-15,17,22H,6-12H2,1-5H3,(H,20,23)/t15-,17?/m0/s1. The topological polar surface area (TPSA) is 75.6 Å². The SMILES string of the molecule is CC(C)C(=O)CC(O)[C@H](CC1CCCCC1)NC(=O)OC(C)(C)C. The minimum Gasteiger partial charge on any atom is -0.444 e. The highest BCUT2D eigenvalue weighted by atomic mass is 16.6. The first-order valence-electron chi connectivity index (χ1n) is 9.28. The molecule has 140 valence electrons. The van der Waals surface area contributed by atoms with Crippen LogP contribution in [-0.2, 0) is 9.53 Å². The maximum atomic E-state index is 12.1. The number of aliphatic hydroxyl groups excluding tert-OH is 1. The Morgan fingerprint density at radius 2 is 1.75 bits per heavy atom. The molecule has 2 atom stereocenters. The van der Waals surface area contributed by atoms with Gasteiger partial charge in [-0.3, -0.25) is 4.79 Å². The van der Waals surface area contributed by atoms with E-state index in [9.17, 15) is 14.7 Å². The van der Waals surface area contributed by atoms with Crippen molar-refractivity contribution in [1.82, 2.24) is 5.32 Å². The van der Waals surface area contributed by atoms with Crippen LogP contribution in [0.4, 0.5) is 4.79 Å². The van der Waals surface area contributed by atoms with E-state index in [2.05, 4.69) is 5.32 Å². The summed E-state index contributed by atoms with van der Waals surface area (Å²) >= 11 is 0. The van der Waals surface area contributed by atoms with Crippen molar-refractivity contribution in [1.29, 1.82) is 0 Å². The van der Waals surface area contributed by atoms with Crippen molar-refractivity contribution in [3.8, 4) is 0 Å². The van der Waals surface area contributed by atoms with Crippen LogP contribution in [0.2, 0.25) is 0 Å². The van der Waals surface area contributed by atoms with Gasteiger partial charge in [-0.05, 0) is 33.1 Å². The molecule has 0 heterocycles. The average Bonchev–Trinajstić information content (AvgIpc) is 2.45. The van der Waals surface area contributed by atoms with E-state index in [0.717, 1.165) is 12.8 Å². The fraction of sp³-hybridized carbons (Fsp3) is 0.895. The van der Waals surface area contributed by atoms with Crippen LogP contribution in [0.5, 0.6) is 0 Å². The van der Waals surface area contributed by atoms with Gasteiger partial charge in [0.1, 0.15) is 11.4 Å². The van der Waals surface area contributed by atoms with Crippen LogP contribution in [0.1, 0.15) is 79.6 Å². The lowest BCUT2D eigenvalue weighted by atomic mass is 9.83. The van der Waals surface area contributed by atoms with Gasteiger partial charge in [-0.1, -0.05) is 46.0 Å². The Morgan fingerprint density at radius 1 is 1.17 bits per heavy atom. The third-order valence-corrected chi connectivity index (χ3v) is 4.53. The van der Waals surface area contributed by atoms with Gasteiger partial charge in [-0.15, -0.1) is 0 Å². The highest BCUT2D eigenvalue weighted by Crippen LogP contribution is 2.28. The van der Waals surface area contributed by atoms with Crippen LogP contribution in [0.25, 0.3) is 0 Å². The second kappa shape index (κ2) is 9.40. The van der Waals surface area contributed by atoms with Crippen LogP contribution in [0.3, 0.4) is 0 Å². The minimum atomic E-state index is -0.866. The van der Waals surface area contributed by atoms with Gasteiger partial charge < -0.3 is 15.2 Å². The van der Waals surface area contributed by atoms with Crippen molar-refractivity contribution in [2.24, 2.45) is 11.8 Å². The molecule has 1 unspecified atom stereocenters. The predicted molar refractivity (Wildman–Crippen MR) is 94.8 cm³/mol. The lowest BCUT2D eigenvalue weighted by Gasteiger charge is -2.31. The number of rotatable bonds is 7. The smallest absolute Gasteiger partial charge is 0.407 e. The van der Waals surface area contributed by atoms with Gasteiger partial charge >= 0.3 is 6.09 Å². The molecule has 1 amide bonds. The Morgan fingerprint density at radius 3 is 2.25 bits per heavy atom. The van der Waals surface area contributed by atoms with E-state index >= 15 is 0 Å². The van der Waals surface area contributed by atoms with Crippen molar-refractivity contribution < 1.29 is 19.4 Å². The summed E-state index contributed by atoms with van der Waals surface area (Å²) in [6.07, 6.45) is 5.28. The van der Waals surface area contributed by atoms with Crippen LogP contribution in [0, 0.1) is 11.8 Å². The molecule has 0 aromatic heterocycles. The number of Topliss-reactive ketones (excluding diaryl/α,β-unsaturated/α-hetero) is 1. The first-order valence-corrected chi connectivity index (χ1v) is 9.28. The number of aliphatic hydroxyl groups is 1. The van der Waals surface area contributed by atoms with Crippen LogP contribution in [-0.4, -0.2) is 34.7 Å². The number of ether oxygens (including phenoxy) is 1. The summed E-state index contributed by atoms with van der Waals surface area (Å²) in [5.74, 6) is 0.390. The van der Waals surface area contributed by atoms with E-state index in [1.165, 1.54) is 19.3 Å². The Labute approximate surface area is 146 Å². The van der Waals surface area contributed by atoms with Crippen LogP contribution in [0.15, 0.2) is 0 Å². The normalized spacial score (nSPS) is 19.0. The van der Waals surface area contributed by atoms with Crippen molar-refractivity contribution in [2.45, 2.75) is 97.3 Å². The molecule has 1 aliphatic rings. The molecule has 0 spiro atoms. The summed E-state index contributed by atoms with van der Waals surface area (Å²) in [4.78, 5) is 24.1. The maximum absolute atomic E-state index is 12.1. The zero-order valence-corrected chi connectivity index (χ0v) is 15.9. The molecule has 1 aliphatic carbocycles. The molecule has 2 N–H and O–H groups in total. The summed E-state index contributed by atoms with van der Waals surface area (Å²) in [5, 5.41) is 13.3. The number of hydrogen-bond acceptors (Lipinski definition) is 4. The third-order valence-electron chi connectivity index (χ3n) is 4.53. The largest absolute Gasteiger partial charge is 0.444 e. The van der Waals surface area contributed by atoms with Gasteiger partial charge in [0.05, 0.1) is 12.1 Å². The van der Waals surface area contributed by atoms with E-state index < -0.39 is 23.8 Å². The highest BCUT2D eigenvalue weighted by Gasteiger charge is 2.29. The molecular weight excluding hydrogens is 306 g/mol. The number of alkyl carbamates (subject to hydrolysis) is 1. The van der Waals surface area contributed by atoms with Crippen LogP contribution >= 0.6 is 0 Å². The van der Waals surface area contributed by atoms with E-state index in [0.29, 0.717) is 12.3 Å². The highest BCUT2D eigenvalue weighted by molar-refractivity contribution is 5.80. The second-order valence-electron chi connectivity index (χ2n) is 8.38. The van der Waals surface area contributed by atoms with E-state index in [-0.39, 0.29) is 18.1 Å². The molecule has 1 rings (SSSR count). The molecule has 24 heavy (non-hydrogen) atoms. The van der Waals surface area contributed by atoms with Gasteiger partial charge in [-0.2, -0.15) is 0 Å². The van der Waals surface area contributed by atoms with Gasteiger partial charge in [-0.25, -0.2) is 4.79 Å².